The lowest BCUT2D eigenvalue weighted by Crippen LogP contribution is -2.23. The first kappa shape index (κ1) is 21.9. The predicted octanol–water partition coefficient (Wildman–Crippen LogP) is 3.81. The van der Waals surface area contributed by atoms with Crippen molar-refractivity contribution in [3.05, 3.63) is 84.3 Å². The van der Waals surface area contributed by atoms with Crippen LogP contribution in [0, 0.1) is 11.3 Å². The number of nitrogens with two attached hydrogens (primary N) is 1. The van der Waals surface area contributed by atoms with Gasteiger partial charge in [0.2, 0.25) is 0 Å². The molecule has 0 radical (unpaired) electrons. The highest BCUT2D eigenvalue weighted by Crippen LogP contribution is 2.13. The average molecular weight is 389 g/mol. The highest BCUT2D eigenvalue weighted by Gasteiger charge is 2.06. The maximum atomic E-state index is 8.77. The number of pyridine rings is 2. The van der Waals surface area contributed by atoms with Crippen molar-refractivity contribution in [1.29, 1.82) is 5.26 Å². The lowest BCUT2D eigenvalue weighted by atomic mass is 10.1. The van der Waals surface area contributed by atoms with Crippen LogP contribution in [0.5, 0.6) is 0 Å². The molecular weight excluding hydrogens is 360 g/mol. The van der Waals surface area contributed by atoms with Crippen molar-refractivity contribution >= 4 is 11.5 Å². The second-order valence-electron chi connectivity index (χ2n) is 6.56. The molecule has 0 aliphatic heterocycles. The molecule has 6 heteroatoms. The standard InChI is InChI=1S/C17H22N6.C6H6/c1-13(15-6-5-14(10-18)12-23-15)11-20-7-3-9-21-16-4-2-8-22-17(16)19;1-2-4-6-5-3-1/h2,4-6,8,12-13,20-21H,3,7,9,11H2,1H3,(H2,19,22);1-6H. The van der Waals surface area contributed by atoms with Crippen LogP contribution in [0.1, 0.15) is 30.5 Å². The topological polar surface area (TPSA) is 99.6 Å². The van der Waals surface area contributed by atoms with E-state index in [-0.39, 0.29) is 0 Å². The van der Waals surface area contributed by atoms with E-state index in [0.717, 1.165) is 37.4 Å². The Bertz CT molecular complexity index is 832. The summed E-state index contributed by atoms with van der Waals surface area (Å²) < 4.78 is 0. The van der Waals surface area contributed by atoms with Gasteiger partial charge in [0, 0.05) is 37.1 Å². The van der Waals surface area contributed by atoms with Gasteiger partial charge in [0.25, 0.3) is 0 Å². The van der Waals surface area contributed by atoms with Crippen LogP contribution < -0.4 is 16.4 Å². The van der Waals surface area contributed by atoms with Crippen LogP contribution in [0.4, 0.5) is 11.5 Å². The molecular formula is C23H28N6. The number of nitrogen functional groups attached to an aromatic ring is 1. The smallest absolute Gasteiger partial charge is 0.146 e. The van der Waals surface area contributed by atoms with Gasteiger partial charge < -0.3 is 16.4 Å². The van der Waals surface area contributed by atoms with Crippen LogP contribution in [-0.2, 0) is 0 Å². The zero-order valence-corrected chi connectivity index (χ0v) is 16.8. The van der Waals surface area contributed by atoms with Crippen molar-refractivity contribution in [1.82, 2.24) is 15.3 Å². The monoisotopic (exact) mass is 388 g/mol. The average Bonchev–Trinajstić information content (AvgIpc) is 2.79. The molecule has 0 amide bonds. The molecule has 0 aliphatic rings. The molecule has 1 atom stereocenters. The maximum Gasteiger partial charge on any atom is 0.146 e. The molecule has 3 rings (SSSR count). The number of nitrogens with zero attached hydrogens (tertiary/aromatic N) is 3. The highest BCUT2D eigenvalue weighted by molar-refractivity contribution is 5.60. The molecule has 4 N–H and O–H groups in total. The molecule has 150 valence electrons. The summed E-state index contributed by atoms with van der Waals surface area (Å²) in [6.07, 6.45) is 4.29. The SMILES string of the molecule is CC(CNCCCNc1cccnc1N)c1ccc(C#N)cn1.c1ccccc1. The number of anilines is 2. The first-order chi connectivity index (χ1) is 14.2. The molecule has 0 spiro atoms. The molecule has 29 heavy (non-hydrogen) atoms. The minimum absolute atomic E-state index is 0.310. The lowest BCUT2D eigenvalue weighted by Gasteiger charge is -2.13. The largest absolute Gasteiger partial charge is 0.382 e. The number of hydrogen-bond acceptors (Lipinski definition) is 6. The van der Waals surface area contributed by atoms with Crippen molar-refractivity contribution < 1.29 is 0 Å². The molecule has 1 unspecified atom stereocenters. The van der Waals surface area contributed by atoms with Crippen LogP contribution in [0.25, 0.3) is 0 Å². The normalized spacial score (nSPS) is 10.9. The third-order valence-electron chi connectivity index (χ3n) is 4.22. The number of nitrogens with one attached hydrogen (secondary N) is 2. The van der Waals surface area contributed by atoms with Crippen molar-refractivity contribution in [2.45, 2.75) is 19.3 Å². The third-order valence-corrected chi connectivity index (χ3v) is 4.22. The molecule has 0 saturated heterocycles. The Hall–Kier alpha value is -3.43. The molecule has 2 heterocycles. The number of rotatable bonds is 8. The number of nitriles is 1. The Morgan fingerprint density at radius 2 is 1.72 bits per heavy atom. The molecule has 1 aromatic carbocycles. The van der Waals surface area contributed by atoms with Crippen molar-refractivity contribution in [2.75, 3.05) is 30.7 Å². The van der Waals surface area contributed by atoms with Crippen molar-refractivity contribution in [2.24, 2.45) is 0 Å². The Morgan fingerprint density at radius 3 is 2.31 bits per heavy atom. The Morgan fingerprint density at radius 1 is 1.00 bits per heavy atom. The van der Waals surface area contributed by atoms with Gasteiger partial charge in [0.15, 0.2) is 0 Å². The highest BCUT2D eigenvalue weighted by atomic mass is 15.0. The number of hydrogen-bond donors (Lipinski definition) is 3. The summed E-state index contributed by atoms with van der Waals surface area (Å²) in [5, 5.41) is 15.5. The predicted molar refractivity (Wildman–Crippen MR) is 118 cm³/mol. The van der Waals surface area contributed by atoms with Crippen LogP contribution in [0.2, 0.25) is 0 Å². The zero-order valence-electron chi connectivity index (χ0n) is 16.8. The summed E-state index contributed by atoms with van der Waals surface area (Å²) in [4.78, 5) is 8.35. The summed E-state index contributed by atoms with van der Waals surface area (Å²) in [5.74, 6) is 0.839. The van der Waals surface area contributed by atoms with E-state index in [0.29, 0.717) is 17.3 Å². The minimum Gasteiger partial charge on any atom is -0.382 e. The maximum absolute atomic E-state index is 8.77. The van der Waals surface area contributed by atoms with Gasteiger partial charge in [0.1, 0.15) is 11.9 Å². The van der Waals surface area contributed by atoms with Gasteiger partial charge in [-0.15, -0.1) is 0 Å². The molecule has 6 nitrogen and oxygen atoms in total. The summed E-state index contributed by atoms with van der Waals surface area (Å²) in [6, 6.07) is 21.6. The van der Waals surface area contributed by atoms with Crippen LogP contribution in [-0.4, -0.2) is 29.6 Å². The van der Waals surface area contributed by atoms with Crippen LogP contribution in [0.15, 0.2) is 73.1 Å². The number of aromatic nitrogens is 2. The van der Waals surface area contributed by atoms with Gasteiger partial charge in [-0.2, -0.15) is 5.26 Å². The van der Waals surface area contributed by atoms with Crippen molar-refractivity contribution in [3.8, 4) is 6.07 Å². The number of benzene rings is 1. The Labute approximate surface area is 172 Å². The van der Waals surface area contributed by atoms with Crippen LogP contribution in [0.3, 0.4) is 0 Å². The fourth-order valence-corrected chi connectivity index (χ4v) is 2.57. The van der Waals surface area contributed by atoms with Crippen LogP contribution >= 0.6 is 0 Å². The fraction of sp³-hybridized carbons (Fsp3) is 0.261. The van der Waals surface area contributed by atoms with Gasteiger partial charge in [-0.1, -0.05) is 43.3 Å². The van der Waals surface area contributed by atoms with E-state index < -0.39 is 0 Å². The van der Waals surface area contributed by atoms with E-state index in [1.54, 1.807) is 18.5 Å². The Balaban J connectivity index is 0.000000426. The minimum atomic E-state index is 0.310. The molecule has 0 fully saturated rings. The molecule has 0 aliphatic carbocycles. The van der Waals surface area contributed by atoms with E-state index in [4.69, 9.17) is 11.0 Å². The molecule has 0 bridgehead atoms. The van der Waals surface area contributed by atoms with E-state index in [1.807, 2.05) is 54.6 Å². The Kier molecular flexibility index (Phi) is 9.70. The lowest BCUT2D eigenvalue weighted by molar-refractivity contribution is 0.594. The molecule has 2 aromatic heterocycles. The van der Waals surface area contributed by atoms with Gasteiger partial charge in [-0.05, 0) is 37.2 Å². The van der Waals surface area contributed by atoms with Gasteiger partial charge in [-0.3, -0.25) is 4.98 Å². The van der Waals surface area contributed by atoms with Gasteiger partial charge in [0.05, 0.1) is 11.3 Å². The quantitative estimate of drug-likeness (QED) is 0.507. The summed E-state index contributed by atoms with van der Waals surface area (Å²) in [7, 11) is 0. The van der Waals surface area contributed by atoms with E-state index in [9.17, 15) is 0 Å². The molecule has 3 aromatic rings. The first-order valence-corrected chi connectivity index (χ1v) is 9.72. The summed E-state index contributed by atoms with van der Waals surface area (Å²) >= 11 is 0. The third kappa shape index (κ3) is 8.41. The van der Waals surface area contributed by atoms with E-state index in [1.165, 1.54) is 0 Å². The van der Waals surface area contributed by atoms with Crippen molar-refractivity contribution in [3.63, 3.8) is 0 Å². The summed E-state index contributed by atoms with van der Waals surface area (Å²) in [5.41, 5.74) is 8.24. The molecule has 0 saturated carbocycles. The summed E-state index contributed by atoms with van der Waals surface area (Å²) in [6.45, 7) is 4.73. The van der Waals surface area contributed by atoms with Gasteiger partial charge >= 0.3 is 0 Å². The second-order valence-corrected chi connectivity index (χ2v) is 6.56. The zero-order chi connectivity index (χ0) is 20.7. The first-order valence-electron chi connectivity index (χ1n) is 9.72. The van der Waals surface area contributed by atoms with E-state index >= 15 is 0 Å². The van der Waals surface area contributed by atoms with E-state index in [2.05, 4.69) is 33.6 Å². The van der Waals surface area contributed by atoms with Gasteiger partial charge in [-0.25, -0.2) is 4.98 Å². The fourth-order valence-electron chi connectivity index (χ4n) is 2.57. The second kappa shape index (κ2) is 12.9.